The summed E-state index contributed by atoms with van der Waals surface area (Å²) in [5, 5.41) is -0.256. The largest absolute Gasteiger partial charge is 0.490 e. The number of hydrogen-bond acceptors (Lipinski definition) is 5. The van der Waals surface area contributed by atoms with Gasteiger partial charge in [-0.2, -0.15) is 0 Å². The first-order valence-electron chi connectivity index (χ1n) is 10.3. The molecule has 5 nitrogen and oxygen atoms in total. The predicted molar refractivity (Wildman–Crippen MR) is 127 cm³/mol. The van der Waals surface area contributed by atoms with Gasteiger partial charge in [-0.3, -0.25) is 14.5 Å². The van der Waals surface area contributed by atoms with Crippen LogP contribution in [-0.2, 0) is 11.3 Å². The molecule has 1 aliphatic rings. The molecule has 0 spiro atoms. The molecule has 0 aliphatic carbocycles. The first-order chi connectivity index (χ1) is 15.6. The minimum Gasteiger partial charge on any atom is -0.490 e. The number of imide groups is 1. The Balaban J connectivity index is 1.37. The molecule has 3 aromatic rings. The van der Waals surface area contributed by atoms with Gasteiger partial charge in [-0.15, -0.1) is 0 Å². The number of nitrogens with zero attached hydrogens (tertiary/aromatic N) is 1. The van der Waals surface area contributed by atoms with E-state index in [1.54, 1.807) is 6.08 Å². The fraction of sp³-hybridized carbons (Fsp3) is 0.154. The van der Waals surface area contributed by atoms with Gasteiger partial charge in [-0.25, -0.2) is 0 Å². The van der Waals surface area contributed by atoms with Crippen molar-refractivity contribution in [3.63, 3.8) is 0 Å². The minimum absolute atomic E-state index is 0.256. The summed E-state index contributed by atoms with van der Waals surface area (Å²) in [6.45, 7) is 3.08. The molecule has 3 aromatic carbocycles. The number of hydrogen-bond donors (Lipinski definition) is 0. The zero-order valence-corrected chi connectivity index (χ0v) is 18.5. The molecular weight excluding hydrogens is 422 g/mol. The smallest absolute Gasteiger partial charge is 0.293 e. The van der Waals surface area contributed by atoms with Crippen molar-refractivity contribution in [3.05, 3.63) is 100 Å². The SMILES string of the molecule is Cc1cccc(CN2C(=O)S/C(=C/c3cccc(OCCOc4ccccc4)c3)C2=O)c1. The molecule has 0 unspecified atom stereocenters. The highest BCUT2D eigenvalue weighted by molar-refractivity contribution is 8.18. The molecule has 0 saturated carbocycles. The summed E-state index contributed by atoms with van der Waals surface area (Å²) in [6.07, 6.45) is 1.73. The zero-order valence-electron chi connectivity index (χ0n) is 17.7. The lowest BCUT2D eigenvalue weighted by Gasteiger charge is -2.12. The van der Waals surface area contributed by atoms with Crippen LogP contribution in [0.15, 0.2) is 83.8 Å². The molecule has 6 heteroatoms. The van der Waals surface area contributed by atoms with Gasteiger partial charge in [-0.05, 0) is 60.2 Å². The van der Waals surface area contributed by atoms with Gasteiger partial charge in [-0.1, -0.05) is 60.2 Å². The van der Waals surface area contributed by atoms with Crippen molar-refractivity contribution in [2.45, 2.75) is 13.5 Å². The topological polar surface area (TPSA) is 55.8 Å². The van der Waals surface area contributed by atoms with Crippen molar-refractivity contribution < 1.29 is 19.1 Å². The van der Waals surface area contributed by atoms with E-state index in [-0.39, 0.29) is 17.7 Å². The quantitative estimate of drug-likeness (QED) is 0.329. The molecule has 0 radical (unpaired) electrons. The summed E-state index contributed by atoms with van der Waals surface area (Å²) >= 11 is 0.963. The number of carbonyl (C=O) groups is 2. The average Bonchev–Trinajstić information content (AvgIpc) is 3.05. The molecule has 162 valence electrons. The van der Waals surface area contributed by atoms with Gasteiger partial charge in [0.05, 0.1) is 11.4 Å². The Kier molecular flexibility index (Phi) is 6.92. The number of thioether (sulfide) groups is 1. The molecule has 32 heavy (non-hydrogen) atoms. The van der Waals surface area contributed by atoms with Crippen molar-refractivity contribution in [2.75, 3.05) is 13.2 Å². The highest BCUT2D eigenvalue weighted by Crippen LogP contribution is 2.33. The van der Waals surface area contributed by atoms with Crippen LogP contribution in [0.1, 0.15) is 16.7 Å². The molecule has 1 heterocycles. The zero-order chi connectivity index (χ0) is 22.3. The lowest BCUT2D eigenvalue weighted by atomic mass is 10.1. The Hall–Kier alpha value is -3.51. The Labute approximate surface area is 191 Å². The number of aryl methyl sites for hydroxylation is 1. The van der Waals surface area contributed by atoms with E-state index in [0.29, 0.717) is 23.9 Å². The molecule has 0 N–H and O–H groups in total. The maximum absolute atomic E-state index is 12.8. The van der Waals surface area contributed by atoms with Crippen molar-refractivity contribution >= 4 is 29.0 Å². The standard InChI is InChI=1S/C26H23NO4S/c1-19-7-5-9-21(15-19)18-27-25(28)24(32-26(27)29)17-20-8-6-12-23(16-20)31-14-13-30-22-10-3-2-4-11-22/h2-12,15-17H,13-14,18H2,1H3/b24-17+. The molecule has 0 aromatic heterocycles. The Morgan fingerprint density at radius 3 is 2.34 bits per heavy atom. The van der Waals surface area contributed by atoms with Crippen molar-refractivity contribution in [2.24, 2.45) is 0 Å². The van der Waals surface area contributed by atoms with E-state index in [4.69, 9.17) is 9.47 Å². The van der Waals surface area contributed by atoms with Gasteiger partial charge in [0.1, 0.15) is 24.7 Å². The van der Waals surface area contributed by atoms with Crippen LogP contribution >= 0.6 is 11.8 Å². The fourth-order valence-electron chi connectivity index (χ4n) is 3.31. The first kappa shape index (κ1) is 21.7. The van der Waals surface area contributed by atoms with E-state index < -0.39 is 0 Å². The van der Waals surface area contributed by atoms with Crippen LogP contribution in [0.4, 0.5) is 4.79 Å². The van der Waals surface area contributed by atoms with Crippen molar-refractivity contribution in [3.8, 4) is 11.5 Å². The summed E-state index contributed by atoms with van der Waals surface area (Å²) in [4.78, 5) is 26.9. The van der Waals surface area contributed by atoms with E-state index in [1.165, 1.54) is 4.90 Å². The average molecular weight is 446 g/mol. The first-order valence-corrected chi connectivity index (χ1v) is 11.1. The number of carbonyl (C=O) groups excluding carboxylic acids is 2. The second-order valence-electron chi connectivity index (χ2n) is 7.34. The van der Waals surface area contributed by atoms with Gasteiger partial charge >= 0.3 is 0 Å². The third-order valence-electron chi connectivity index (χ3n) is 4.82. The van der Waals surface area contributed by atoms with Gasteiger partial charge in [0, 0.05) is 0 Å². The second-order valence-corrected chi connectivity index (χ2v) is 8.33. The van der Waals surface area contributed by atoms with Gasteiger partial charge in [0.2, 0.25) is 0 Å². The van der Waals surface area contributed by atoms with Crippen LogP contribution in [0, 0.1) is 6.92 Å². The maximum Gasteiger partial charge on any atom is 0.293 e. The number of amides is 2. The molecule has 1 saturated heterocycles. The summed E-state index contributed by atoms with van der Waals surface area (Å²) in [6, 6.07) is 24.8. The van der Waals surface area contributed by atoms with E-state index in [2.05, 4.69) is 0 Å². The number of ether oxygens (including phenoxy) is 2. The molecule has 1 fully saturated rings. The summed E-state index contributed by atoms with van der Waals surface area (Å²) in [7, 11) is 0. The third-order valence-corrected chi connectivity index (χ3v) is 5.72. The summed E-state index contributed by atoms with van der Waals surface area (Å²) in [5.74, 6) is 1.20. The van der Waals surface area contributed by atoms with E-state index in [1.807, 2.05) is 85.8 Å². The highest BCUT2D eigenvalue weighted by atomic mass is 32.2. The van der Waals surface area contributed by atoms with Gasteiger partial charge in [0.25, 0.3) is 11.1 Å². The van der Waals surface area contributed by atoms with Crippen molar-refractivity contribution in [1.29, 1.82) is 0 Å². The number of para-hydroxylation sites is 1. The molecule has 0 atom stereocenters. The van der Waals surface area contributed by atoms with Crippen LogP contribution in [0.5, 0.6) is 11.5 Å². The summed E-state index contributed by atoms with van der Waals surface area (Å²) in [5.41, 5.74) is 2.82. The molecule has 2 amide bonds. The predicted octanol–water partition coefficient (Wildman–Crippen LogP) is 5.69. The Bertz CT molecular complexity index is 1140. The van der Waals surface area contributed by atoms with Gasteiger partial charge in [0.15, 0.2) is 0 Å². The summed E-state index contributed by atoms with van der Waals surface area (Å²) < 4.78 is 11.4. The van der Waals surface area contributed by atoms with E-state index in [9.17, 15) is 9.59 Å². The normalized spacial score (nSPS) is 14.8. The maximum atomic E-state index is 12.8. The van der Waals surface area contributed by atoms with E-state index >= 15 is 0 Å². The van der Waals surface area contributed by atoms with Crippen LogP contribution in [-0.4, -0.2) is 29.3 Å². The van der Waals surface area contributed by atoms with Crippen LogP contribution in [0.3, 0.4) is 0 Å². The number of rotatable bonds is 8. The molecular formula is C26H23NO4S. The van der Waals surface area contributed by atoms with E-state index in [0.717, 1.165) is 34.2 Å². The van der Waals surface area contributed by atoms with Crippen LogP contribution in [0.25, 0.3) is 6.08 Å². The van der Waals surface area contributed by atoms with Gasteiger partial charge < -0.3 is 9.47 Å². The minimum atomic E-state index is -0.274. The third kappa shape index (κ3) is 5.59. The molecule has 1 aliphatic heterocycles. The second kappa shape index (κ2) is 10.2. The Morgan fingerprint density at radius 1 is 0.844 bits per heavy atom. The van der Waals surface area contributed by atoms with Crippen molar-refractivity contribution in [1.82, 2.24) is 4.90 Å². The molecule has 4 rings (SSSR count). The monoisotopic (exact) mass is 445 g/mol. The highest BCUT2D eigenvalue weighted by Gasteiger charge is 2.34. The molecule has 0 bridgehead atoms. The number of benzene rings is 3. The Morgan fingerprint density at radius 2 is 1.56 bits per heavy atom. The fourth-order valence-corrected chi connectivity index (χ4v) is 4.15. The lowest BCUT2D eigenvalue weighted by molar-refractivity contribution is -0.123. The van der Waals surface area contributed by atoms with Crippen LogP contribution < -0.4 is 9.47 Å². The lowest BCUT2D eigenvalue weighted by Crippen LogP contribution is -2.27. The van der Waals surface area contributed by atoms with Crippen LogP contribution in [0.2, 0.25) is 0 Å².